The quantitative estimate of drug-likeness (QED) is 0.623. The van der Waals surface area contributed by atoms with E-state index in [9.17, 15) is 4.79 Å². The molecule has 77 valence electrons. The molecule has 0 aliphatic heterocycles. The summed E-state index contributed by atoms with van der Waals surface area (Å²) in [6.45, 7) is 4.05. The van der Waals surface area contributed by atoms with Crippen LogP contribution in [0, 0.1) is 18.3 Å². The Kier molecular flexibility index (Phi) is 4.64. The first-order chi connectivity index (χ1) is 6.79. The molecule has 0 amide bonds. The zero-order valence-electron chi connectivity index (χ0n) is 9.07. The second kappa shape index (κ2) is 5.79. The molecule has 1 aliphatic rings. The number of carbonyl (C=O) groups excluding carboxylic acids is 1. The van der Waals surface area contributed by atoms with Crippen molar-refractivity contribution in [3.8, 4) is 0 Å². The lowest BCUT2D eigenvalue weighted by Gasteiger charge is -2.20. The Balaban J connectivity index is 2.57. The van der Waals surface area contributed by atoms with Crippen molar-refractivity contribution in [2.45, 2.75) is 33.1 Å². The van der Waals surface area contributed by atoms with Gasteiger partial charge in [-0.15, -0.1) is 0 Å². The van der Waals surface area contributed by atoms with Gasteiger partial charge in [-0.1, -0.05) is 31.2 Å². The molecule has 1 rings (SSSR count). The van der Waals surface area contributed by atoms with Crippen LogP contribution in [0.2, 0.25) is 0 Å². The molecule has 0 aromatic carbocycles. The van der Waals surface area contributed by atoms with E-state index in [0.717, 1.165) is 19.3 Å². The van der Waals surface area contributed by atoms with E-state index in [1.807, 2.05) is 19.1 Å². The summed E-state index contributed by atoms with van der Waals surface area (Å²) >= 11 is 0. The minimum atomic E-state index is 0.130. The average Bonchev–Trinajstić information content (AvgIpc) is 2.26. The molecule has 1 nitrogen and oxygen atoms in total. The number of carbonyl (C=O) groups is 1. The maximum Gasteiger partial charge on any atom is 0.143 e. The monoisotopic (exact) mass is 191 g/mol. The molecule has 1 radical (unpaired) electrons. The molecule has 0 saturated heterocycles. The van der Waals surface area contributed by atoms with Crippen LogP contribution in [0.5, 0.6) is 0 Å². The second-order valence-electron chi connectivity index (χ2n) is 3.78. The van der Waals surface area contributed by atoms with Gasteiger partial charge >= 0.3 is 0 Å². The highest BCUT2D eigenvalue weighted by molar-refractivity contribution is 5.85. The summed E-state index contributed by atoms with van der Waals surface area (Å²) in [5, 5.41) is 0. The Morgan fingerprint density at radius 2 is 2.36 bits per heavy atom. The summed E-state index contributed by atoms with van der Waals surface area (Å²) in [5.74, 6) is 0.761. The van der Waals surface area contributed by atoms with Gasteiger partial charge in [0.05, 0.1) is 0 Å². The summed E-state index contributed by atoms with van der Waals surface area (Å²) in [6, 6.07) is 0. The van der Waals surface area contributed by atoms with Crippen LogP contribution in [0.3, 0.4) is 0 Å². The topological polar surface area (TPSA) is 17.1 Å². The number of allylic oxidation sites excluding steroid dienone is 4. The third kappa shape index (κ3) is 2.83. The van der Waals surface area contributed by atoms with E-state index in [1.54, 1.807) is 0 Å². The van der Waals surface area contributed by atoms with Crippen LogP contribution in [0.4, 0.5) is 0 Å². The van der Waals surface area contributed by atoms with Crippen molar-refractivity contribution in [3.05, 3.63) is 30.7 Å². The molecule has 0 N–H and O–H groups in total. The summed E-state index contributed by atoms with van der Waals surface area (Å²) in [7, 11) is 0. The fourth-order valence-corrected chi connectivity index (χ4v) is 1.88. The summed E-state index contributed by atoms with van der Waals surface area (Å²) in [4.78, 5) is 12.0. The number of hydrogen-bond acceptors (Lipinski definition) is 1. The van der Waals surface area contributed by atoms with Crippen LogP contribution in [0.15, 0.2) is 24.3 Å². The van der Waals surface area contributed by atoms with Crippen LogP contribution < -0.4 is 0 Å². The molecule has 0 aromatic heterocycles. The molecule has 2 atom stereocenters. The third-order valence-electron chi connectivity index (χ3n) is 2.75. The van der Waals surface area contributed by atoms with Gasteiger partial charge in [-0.2, -0.15) is 0 Å². The SMILES string of the molecule is CC=CC(CC)C(=O)C1C[CH]C=CC1. The van der Waals surface area contributed by atoms with Gasteiger partial charge < -0.3 is 0 Å². The van der Waals surface area contributed by atoms with E-state index in [4.69, 9.17) is 0 Å². The minimum Gasteiger partial charge on any atom is -0.299 e. The van der Waals surface area contributed by atoms with E-state index >= 15 is 0 Å². The van der Waals surface area contributed by atoms with Crippen LogP contribution in [-0.4, -0.2) is 5.78 Å². The highest BCUT2D eigenvalue weighted by Crippen LogP contribution is 2.23. The van der Waals surface area contributed by atoms with Gasteiger partial charge in [-0.3, -0.25) is 4.79 Å². The molecule has 0 spiro atoms. The first-order valence-corrected chi connectivity index (χ1v) is 5.44. The predicted octanol–water partition coefficient (Wildman–Crippen LogP) is 3.33. The zero-order valence-corrected chi connectivity index (χ0v) is 9.07. The lowest BCUT2D eigenvalue weighted by Crippen LogP contribution is -2.22. The Labute approximate surface area is 86.9 Å². The van der Waals surface area contributed by atoms with E-state index in [0.29, 0.717) is 5.78 Å². The van der Waals surface area contributed by atoms with Gasteiger partial charge in [-0.25, -0.2) is 0 Å². The highest BCUT2D eigenvalue weighted by atomic mass is 16.1. The number of ketones is 1. The van der Waals surface area contributed by atoms with Crippen LogP contribution in [0.1, 0.15) is 33.1 Å². The molecule has 1 heteroatoms. The Morgan fingerprint density at radius 3 is 2.86 bits per heavy atom. The Morgan fingerprint density at radius 1 is 1.57 bits per heavy atom. The van der Waals surface area contributed by atoms with Gasteiger partial charge in [-0.05, 0) is 32.6 Å². The maximum atomic E-state index is 12.0. The van der Waals surface area contributed by atoms with Gasteiger partial charge in [0, 0.05) is 11.8 Å². The first-order valence-electron chi connectivity index (χ1n) is 5.44. The van der Waals surface area contributed by atoms with Gasteiger partial charge in [0.1, 0.15) is 5.78 Å². The standard InChI is InChI=1S/C13H19O/c1-3-8-11(4-2)13(14)12-9-6-5-7-10-12/h3,5-8,11-12H,4,9-10H2,1-2H3. The van der Waals surface area contributed by atoms with Crippen LogP contribution in [-0.2, 0) is 4.79 Å². The van der Waals surface area contributed by atoms with E-state index < -0.39 is 0 Å². The van der Waals surface area contributed by atoms with Gasteiger partial charge in [0.15, 0.2) is 0 Å². The minimum absolute atomic E-state index is 0.130. The van der Waals surface area contributed by atoms with Crippen molar-refractivity contribution in [1.29, 1.82) is 0 Å². The molecule has 14 heavy (non-hydrogen) atoms. The molecule has 2 unspecified atom stereocenters. The number of Topliss-reactive ketones (excluding diaryl/α,β-unsaturated/α-hetero) is 1. The fraction of sp³-hybridized carbons (Fsp3) is 0.538. The van der Waals surface area contributed by atoms with Gasteiger partial charge in [0.25, 0.3) is 0 Å². The Hall–Kier alpha value is -0.850. The van der Waals surface area contributed by atoms with Crippen LogP contribution in [0.25, 0.3) is 0 Å². The van der Waals surface area contributed by atoms with E-state index in [2.05, 4.69) is 25.5 Å². The van der Waals surface area contributed by atoms with Crippen molar-refractivity contribution < 1.29 is 4.79 Å². The van der Waals surface area contributed by atoms with Gasteiger partial charge in [0.2, 0.25) is 0 Å². The number of rotatable bonds is 4. The molecule has 0 bridgehead atoms. The molecule has 0 aromatic rings. The zero-order chi connectivity index (χ0) is 10.4. The first kappa shape index (κ1) is 11.2. The summed E-state index contributed by atoms with van der Waals surface area (Å²) < 4.78 is 0. The lowest BCUT2D eigenvalue weighted by molar-refractivity contribution is -0.125. The highest BCUT2D eigenvalue weighted by Gasteiger charge is 2.23. The van der Waals surface area contributed by atoms with Crippen LogP contribution >= 0.6 is 0 Å². The summed E-state index contributed by atoms with van der Waals surface area (Å²) in [6.07, 6.45) is 13.0. The van der Waals surface area contributed by atoms with Crippen molar-refractivity contribution in [1.82, 2.24) is 0 Å². The Bertz CT molecular complexity index is 238. The molecule has 0 heterocycles. The lowest BCUT2D eigenvalue weighted by atomic mass is 9.83. The number of hydrogen-bond donors (Lipinski definition) is 0. The summed E-state index contributed by atoms with van der Waals surface area (Å²) in [5.41, 5.74) is 0. The molecule has 0 saturated carbocycles. The predicted molar refractivity (Wildman–Crippen MR) is 59.8 cm³/mol. The molecule has 0 fully saturated rings. The van der Waals surface area contributed by atoms with Crippen molar-refractivity contribution in [2.24, 2.45) is 11.8 Å². The third-order valence-corrected chi connectivity index (χ3v) is 2.75. The average molecular weight is 191 g/mol. The normalized spacial score (nSPS) is 24.0. The molecular formula is C13H19O. The fourth-order valence-electron chi connectivity index (χ4n) is 1.88. The second-order valence-corrected chi connectivity index (χ2v) is 3.78. The van der Waals surface area contributed by atoms with E-state index in [-0.39, 0.29) is 11.8 Å². The largest absolute Gasteiger partial charge is 0.299 e. The van der Waals surface area contributed by atoms with Crippen molar-refractivity contribution in [2.75, 3.05) is 0 Å². The molecule has 1 aliphatic carbocycles. The van der Waals surface area contributed by atoms with Crippen molar-refractivity contribution in [3.63, 3.8) is 0 Å². The van der Waals surface area contributed by atoms with E-state index in [1.165, 1.54) is 0 Å². The molecular weight excluding hydrogens is 172 g/mol. The smallest absolute Gasteiger partial charge is 0.143 e. The van der Waals surface area contributed by atoms with Crippen molar-refractivity contribution >= 4 is 5.78 Å². The maximum absolute atomic E-state index is 12.0.